The van der Waals surface area contributed by atoms with Crippen molar-refractivity contribution in [3.8, 4) is 5.75 Å². The van der Waals surface area contributed by atoms with E-state index in [1.807, 2.05) is 19.9 Å². The monoisotopic (exact) mass is 241 g/mol. The molecule has 0 fully saturated rings. The molecule has 0 heterocycles. The summed E-state index contributed by atoms with van der Waals surface area (Å²) in [6, 6.07) is 4.86. The smallest absolute Gasteiger partial charge is 0.165 e. The lowest BCUT2D eigenvalue weighted by molar-refractivity contribution is 0.0885. The first-order valence-electron chi connectivity index (χ1n) is 5.73. The Hall–Kier alpha value is -1.13. The van der Waals surface area contributed by atoms with E-state index < -0.39 is 0 Å². The summed E-state index contributed by atoms with van der Waals surface area (Å²) in [5.74, 6) is -0.0690. The summed E-state index contributed by atoms with van der Waals surface area (Å²) in [5, 5.41) is 0. The van der Waals surface area contributed by atoms with Crippen molar-refractivity contribution in [3.05, 3.63) is 29.6 Å². The van der Waals surface area contributed by atoms with Gasteiger partial charge in [0.25, 0.3) is 0 Å². The number of halogens is 1. The van der Waals surface area contributed by atoms with Gasteiger partial charge in [-0.1, -0.05) is 12.1 Å². The molecular formula is C13H20FNO2. The molecule has 1 aromatic rings. The number of hydrogen-bond acceptors (Lipinski definition) is 3. The van der Waals surface area contributed by atoms with Crippen LogP contribution in [0.1, 0.15) is 19.4 Å². The predicted octanol–water partition coefficient (Wildman–Crippen LogP) is 2.13. The van der Waals surface area contributed by atoms with Crippen molar-refractivity contribution in [3.63, 3.8) is 0 Å². The lowest BCUT2D eigenvalue weighted by Gasteiger charge is -2.18. The average molecular weight is 241 g/mol. The van der Waals surface area contributed by atoms with Gasteiger partial charge in [-0.25, -0.2) is 4.39 Å². The zero-order valence-electron chi connectivity index (χ0n) is 10.6. The van der Waals surface area contributed by atoms with Crippen LogP contribution in [0, 0.1) is 5.82 Å². The normalized spacial score (nSPS) is 14.4. The fraction of sp³-hybridized carbons (Fsp3) is 0.538. The molecule has 17 heavy (non-hydrogen) atoms. The van der Waals surface area contributed by atoms with E-state index in [-0.39, 0.29) is 23.7 Å². The van der Waals surface area contributed by atoms with Gasteiger partial charge in [-0.3, -0.25) is 0 Å². The van der Waals surface area contributed by atoms with E-state index in [9.17, 15) is 4.39 Å². The zero-order chi connectivity index (χ0) is 12.8. The third-order valence-corrected chi connectivity index (χ3v) is 2.31. The first-order chi connectivity index (χ1) is 8.04. The number of ether oxygens (including phenoxy) is 2. The maximum Gasteiger partial charge on any atom is 0.165 e. The topological polar surface area (TPSA) is 44.5 Å². The van der Waals surface area contributed by atoms with Gasteiger partial charge in [0.05, 0.1) is 6.61 Å². The largest absolute Gasteiger partial charge is 0.485 e. The van der Waals surface area contributed by atoms with E-state index in [0.717, 1.165) is 5.56 Å². The Morgan fingerprint density at radius 3 is 2.65 bits per heavy atom. The van der Waals surface area contributed by atoms with Crippen molar-refractivity contribution in [2.75, 3.05) is 13.7 Å². The molecule has 3 nitrogen and oxygen atoms in total. The maximum absolute atomic E-state index is 13.7. The van der Waals surface area contributed by atoms with Crippen LogP contribution in [0.5, 0.6) is 5.75 Å². The number of benzene rings is 1. The molecule has 0 aliphatic rings. The molecule has 96 valence electrons. The SMILES string of the molecule is COCC(C)Oc1c(F)cccc1CC(C)N. The molecule has 0 bridgehead atoms. The first-order valence-corrected chi connectivity index (χ1v) is 5.73. The lowest BCUT2D eigenvalue weighted by atomic mass is 10.1. The highest BCUT2D eigenvalue weighted by atomic mass is 19.1. The van der Waals surface area contributed by atoms with E-state index in [4.69, 9.17) is 15.2 Å². The summed E-state index contributed by atoms with van der Waals surface area (Å²) < 4.78 is 24.2. The molecule has 2 atom stereocenters. The van der Waals surface area contributed by atoms with Crippen LogP contribution in [-0.4, -0.2) is 25.9 Å². The van der Waals surface area contributed by atoms with Gasteiger partial charge in [0.1, 0.15) is 6.10 Å². The lowest BCUT2D eigenvalue weighted by Crippen LogP contribution is -2.22. The molecule has 2 N–H and O–H groups in total. The second-order valence-electron chi connectivity index (χ2n) is 4.29. The van der Waals surface area contributed by atoms with Crippen molar-refractivity contribution >= 4 is 0 Å². The van der Waals surface area contributed by atoms with E-state index in [1.54, 1.807) is 13.2 Å². The Balaban J connectivity index is 2.87. The molecular weight excluding hydrogens is 221 g/mol. The van der Waals surface area contributed by atoms with Crippen LogP contribution in [0.25, 0.3) is 0 Å². The number of para-hydroxylation sites is 1. The summed E-state index contributed by atoms with van der Waals surface area (Å²) in [5.41, 5.74) is 6.52. The molecule has 2 unspecified atom stereocenters. The van der Waals surface area contributed by atoms with Crippen molar-refractivity contribution in [1.29, 1.82) is 0 Å². The van der Waals surface area contributed by atoms with E-state index in [0.29, 0.717) is 13.0 Å². The summed E-state index contributed by atoms with van der Waals surface area (Å²) in [7, 11) is 1.59. The number of methoxy groups -OCH3 is 1. The molecule has 0 saturated heterocycles. The van der Waals surface area contributed by atoms with Crippen molar-refractivity contribution in [1.82, 2.24) is 0 Å². The van der Waals surface area contributed by atoms with Crippen molar-refractivity contribution in [2.45, 2.75) is 32.4 Å². The third-order valence-electron chi connectivity index (χ3n) is 2.31. The second kappa shape index (κ2) is 6.57. The molecule has 0 aromatic heterocycles. The van der Waals surface area contributed by atoms with Crippen LogP contribution >= 0.6 is 0 Å². The number of rotatable bonds is 6. The highest BCUT2D eigenvalue weighted by Gasteiger charge is 2.14. The molecule has 0 saturated carbocycles. The summed E-state index contributed by atoms with van der Waals surface area (Å²) in [6.45, 7) is 4.14. The molecule has 1 rings (SSSR count). The van der Waals surface area contributed by atoms with Crippen LogP contribution in [0.15, 0.2) is 18.2 Å². The van der Waals surface area contributed by atoms with Gasteiger partial charge >= 0.3 is 0 Å². The molecule has 0 amide bonds. The molecule has 0 aliphatic carbocycles. The maximum atomic E-state index is 13.7. The summed E-state index contributed by atoms with van der Waals surface area (Å²) >= 11 is 0. The van der Waals surface area contributed by atoms with Gasteiger partial charge in [0.2, 0.25) is 0 Å². The van der Waals surface area contributed by atoms with Crippen LogP contribution in [0.4, 0.5) is 4.39 Å². The standard InChI is InChI=1S/C13H20FNO2/c1-9(15)7-11-5-4-6-12(14)13(11)17-10(2)8-16-3/h4-6,9-10H,7-8,15H2,1-3H3. The highest BCUT2D eigenvalue weighted by Crippen LogP contribution is 2.25. The minimum atomic E-state index is -0.355. The fourth-order valence-corrected chi connectivity index (χ4v) is 1.66. The summed E-state index contributed by atoms with van der Waals surface area (Å²) in [4.78, 5) is 0. The van der Waals surface area contributed by atoms with E-state index >= 15 is 0 Å². The molecule has 1 aromatic carbocycles. The average Bonchev–Trinajstić information content (AvgIpc) is 2.23. The second-order valence-corrected chi connectivity index (χ2v) is 4.29. The Labute approximate surface area is 102 Å². The Morgan fingerprint density at radius 2 is 2.06 bits per heavy atom. The van der Waals surface area contributed by atoms with Crippen molar-refractivity contribution < 1.29 is 13.9 Å². The number of hydrogen-bond donors (Lipinski definition) is 1. The quantitative estimate of drug-likeness (QED) is 0.829. The molecule has 0 spiro atoms. The first kappa shape index (κ1) is 13.9. The van der Waals surface area contributed by atoms with E-state index in [1.165, 1.54) is 6.07 Å². The summed E-state index contributed by atoms with van der Waals surface area (Å²) in [6.07, 6.45) is 0.399. The van der Waals surface area contributed by atoms with Crippen LogP contribution in [0.3, 0.4) is 0 Å². The zero-order valence-corrected chi connectivity index (χ0v) is 10.6. The predicted molar refractivity (Wildman–Crippen MR) is 65.7 cm³/mol. The van der Waals surface area contributed by atoms with Crippen LogP contribution in [-0.2, 0) is 11.2 Å². The Kier molecular flexibility index (Phi) is 5.38. The van der Waals surface area contributed by atoms with Gasteiger partial charge in [0, 0.05) is 13.2 Å². The fourth-order valence-electron chi connectivity index (χ4n) is 1.66. The Bertz CT molecular complexity index is 355. The molecule has 0 radical (unpaired) electrons. The van der Waals surface area contributed by atoms with Crippen LogP contribution in [0.2, 0.25) is 0 Å². The third kappa shape index (κ3) is 4.32. The van der Waals surface area contributed by atoms with Crippen LogP contribution < -0.4 is 10.5 Å². The minimum absolute atomic E-state index is 0.0307. The van der Waals surface area contributed by atoms with Gasteiger partial charge in [0.15, 0.2) is 11.6 Å². The van der Waals surface area contributed by atoms with Crippen molar-refractivity contribution in [2.24, 2.45) is 5.73 Å². The highest BCUT2D eigenvalue weighted by molar-refractivity contribution is 5.35. The minimum Gasteiger partial charge on any atom is -0.485 e. The Morgan fingerprint density at radius 1 is 1.35 bits per heavy atom. The van der Waals surface area contributed by atoms with Gasteiger partial charge in [-0.05, 0) is 31.9 Å². The molecule has 4 heteroatoms. The molecule has 0 aliphatic heterocycles. The van der Waals surface area contributed by atoms with Gasteiger partial charge < -0.3 is 15.2 Å². The van der Waals surface area contributed by atoms with E-state index in [2.05, 4.69) is 0 Å². The number of nitrogens with two attached hydrogens (primary N) is 1. The van der Waals surface area contributed by atoms with Gasteiger partial charge in [-0.2, -0.15) is 0 Å². The van der Waals surface area contributed by atoms with Gasteiger partial charge in [-0.15, -0.1) is 0 Å².